The van der Waals surface area contributed by atoms with Crippen molar-refractivity contribution in [2.24, 2.45) is 0 Å². The van der Waals surface area contributed by atoms with E-state index in [0.29, 0.717) is 24.6 Å². The first-order chi connectivity index (χ1) is 13.9. The molecule has 13 heteroatoms. The third-order valence-electron chi connectivity index (χ3n) is 4.45. The van der Waals surface area contributed by atoms with Crippen LogP contribution in [0.15, 0.2) is 51.1 Å². The highest BCUT2D eigenvalue weighted by Gasteiger charge is 2.33. The van der Waals surface area contributed by atoms with Crippen LogP contribution in [0.3, 0.4) is 0 Å². The van der Waals surface area contributed by atoms with Crippen LogP contribution in [0.1, 0.15) is 22.8 Å². The molecule has 0 bridgehead atoms. The fraction of sp³-hybridized carbons (Fsp3) is 0.278. The second kappa shape index (κ2) is 8.25. The lowest BCUT2D eigenvalue weighted by Gasteiger charge is -2.17. The van der Waals surface area contributed by atoms with Gasteiger partial charge in [-0.25, -0.2) is 25.3 Å². The van der Waals surface area contributed by atoms with Crippen LogP contribution >= 0.6 is 7.37 Å². The van der Waals surface area contributed by atoms with Crippen molar-refractivity contribution in [3.8, 4) is 0 Å². The van der Waals surface area contributed by atoms with Crippen LogP contribution in [0.25, 0.3) is 0 Å². The minimum Gasteiger partial charge on any atom is -0.341 e. The first kappa shape index (κ1) is 25.4. The molecule has 170 valence electrons. The predicted molar refractivity (Wildman–Crippen MR) is 116 cm³/mol. The van der Waals surface area contributed by atoms with Gasteiger partial charge in [-0.15, -0.1) is 0 Å². The summed E-state index contributed by atoms with van der Waals surface area (Å²) >= 11 is 0. The molecule has 1 unspecified atom stereocenters. The number of hydrogen-bond donors (Lipinski definition) is 1. The average molecular weight is 509 g/mol. The van der Waals surface area contributed by atoms with Gasteiger partial charge >= 0.3 is 0 Å². The third kappa shape index (κ3) is 5.32. The minimum absolute atomic E-state index is 0.220. The van der Waals surface area contributed by atoms with E-state index in [-0.39, 0.29) is 17.0 Å². The topological polar surface area (TPSA) is 157 Å². The largest absolute Gasteiger partial charge is 0.341 e. The van der Waals surface area contributed by atoms with Gasteiger partial charge in [0, 0.05) is 35.8 Å². The van der Waals surface area contributed by atoms with Crippen LogP contribution in [-0.4, -0.2) is 60.9 Å². The molecule has 31 heavy (non-hydrogen) atoms. The van der Waals surface area contributed by atoms with Crippen molar-refractivity contribution in [1.82, 2.24) is 0 Å². The van der Waals surface area contributed by atoms with Crippen LogP contribution in [0, 0.1) is 0 Å². The molecular weight excluding hydrogens is 487 g/mol. The van der Waals surface area contributed by atoms with Crippen LogP contribution in [0.5, 0.6) is 0 Å². The Labute approximate surface area is 181 Å². The molecule has 1 N–H and O–H groups in total. The van der Waals surface area contributed by atoms with Gasteiger partial charge in [-0.1, -0.05) is 25.1 Å². The average Bonchev–Trinajstić information content (AvgIpc) is 2.64. The van der Waals surface area contributed by atoms with Gasteiger partial charge in [-0.3, -0.25) is 9.36 Å². The summed E-state index contributed by atoms with van der Waals surface area (Å²) in [5.41, 5.74) is -1.13. The van der Waals surface area contributed by atoms with Crippen LogP contribution in [0.4, 0.5) is 0 Å². The zero-order chi connectivity index (χ0) is 24.0. The zero-order valence-corrected chi connectivity index (χ0v) is 20.4. The lowest BCUT2D eigenvalue weighted by atomic mass is 10.0. The summed E-state index contributed by atoms with van der Waals surface area (Å²) in [4.78, 5) is 21.5. The van der Waals surface area contributed by atoms with Crippen molar-refractivity contribution >= 4 is 48.0 Å². The molecule has 0 spiro atoms. The SMILES string of the molecule is CCP(=O)(O)c1ccccc1C(=O)c1c(S(C)(=O)=O)cc(S(C)(=O)=O)cc1S(C)(=O)=O. The summed E-state index contributed by atoms with van der Waals surface area (Å²) in [5.74, 6) is -1.13. The summed E-state index contributed by atoms with van der Waals surface area (Å²) in [6.45, 7) is 1.42. The fourth-order valence-corrected chi connectivity index (χ4v) is 6.78. The molecule has 0 aromatic heterocycles. The molecule has 0 fully saturated rings. The molecule has 9 nitrogen and oxygen atoms in total. The van der Waals surface area contributed by atoms with E-state index in [4.69, 9.17) is 0 Å². The van der Waals surface area contributed by atoms with E-state index in [1.54, 1.807) is 0 Å². The smallest absolute Gasteiger partial charge is 0.230 e. The van der Waals surface area contributed by atoms with Crippen molar-refractivity contribution in [3.63, 3.8) is 0 Å². The Hall–Kier alpha value is -1.85. The molecule has 2 rings (SSSR count). The van der Waals surface area contributed by atoms with Gasteiger partial charge in [0.1, 0.15) is 0 Å². The lowest BCUT2D eigenvalue weighted by molar-refractivity contribution is 0.103. The summed E-state index contributed by atoms with van der Waals surface area (Å²) < 4.78 is 86.4. The number of ketones is 1. The fourth-order valence-electron chi connectivity index (χ4n) is 2.86. The molecule has 0 saturated carbocycles. The van der Waals surface area contributed by atoms with Crippen molar-refractivity contribution < 1.29 is 39.5 Å². The van der Waals surface area contributed by atoms with Gasteiger partial charge in [0.2, 0.25) is 7.37 Å². The summed E-state index contributed by atoms with van der Waals surface area (Å²) in [5, 5.41) is -0.256. The highest BCUT2D eigenvalue weighted by Crippen LogP contribution is 2.40. The summed E-state index contributed by atoms with van der Waals surface area (Å²) in [6.07, 6.45) is 1.95. The Morgan fingerprint density at radius 3 is 1.71 bits per heavy atom. The van der Waals surface area contributed by atoms with E-state index in [1.807, 2.05) is 0 Å². The number of carbonyl (C=O) groups is 1. The van der Waals surface area contributed by atoms with Crippen molar-refractivity contribution in [1.29, 1.82) is 0 Å². The molecule has 0 radical (unpaired) electrons. The quantitative estimate of drug-likeness (QED) is 0.426. The molecule has 2 aromatic rings. The zero-order valence-electron chi connectivity index (χ0n) is 17.1. The van der Waals surface area contributed by atoms with Crippen molar-refractivity contribution in [2.75, 3.05) is 24.9 Å². The van der Waals surface area contributed by atoms with Crippen LogP contribution < -0.4 is 5.30 Å². The molecule has 0 heterocycles. The number of benzene rings is 2. The van der Waals surface area contributed by atoms with Crippen LogP contribution in [0.2, 0.25) is 0 Å². The maximum absolute atomic E-state index is 13.4. The maximum atomic E-state index is 13.4. The minimum atomic E-state index is -4.29. The Balaban J connectivity index is 3.09. The molecule has 0 amide bonds. The predicted octanol–water partition coefficient (Wildman–Crippen LogP) is 1.04. The van der Waals surface area contributed by atoms with E-state index in [0.717, 1.165) is 6.26 Å². The Morgan fingerprint density at radius 2 is 1.32 bits per heavy atom. The van der Waals surface area contributed by atoms with Crippen LogP contribution in [-0.2, 0) is 34.1 Å². The van der Waals surface area contributed by atoms with Crippen molar-refractivity contribution in [3.05, 3.63) is 47.5 Å². The van der Waals surface area contributed by atoms with E-state index in [9.17, 15) is 39.5 Å². The second-order valence-corrected chi connectivity index (χ2v) is 15.5. The summed E-state index contributed by atoms with van der Waals surface area (Å²) in [6, 6.07) is 6.62. The summed E-state index contributed by atoms with van der Waals surface area (Å²) in [7, 11) is -16.6. The number of sulfone groups is 3. The van der Waals surface area contributed by atoms with E-state index in [1.165, 1.54) is 31.2 Å². The van der Waals surface area contributed by atoms with E-state index < -0.39 is 62.9 Å². The molecule has 2 aromatic carbocycles. The lowest BCUT2D eigenvalue weighted by Crippen LogP contribution is -2.22. The van der Waals surface area contributed by atoms with E-state index in [2.05, 4.69) is 0 Å². The monoisotopic (exact) mass is 508 g/mol. The molecule has 1 atom stereocenters. The number of hydrogen-bond acceptors (Lipinski definition) is 8. The highest BCUT2D eigenvalue weighted by molar-refractivity contribution is 7.92. The third-order valence-corrected chi connectivity index (χ3v) is 9.78. The maximum Gasteiger partial charge on any atom is 0.230 e. The standard InChI is InChI=1S/C18H21O9PS3/c1-5-28(20,21)14-9-7-6-8-13(14)18(19)17-15(30(3,24)25)10-12(29(2,22)23)11-16(17)31(4,26)27/h6-11H,5H2,1-4H3,(H,20,21). The van der Waals surface area contributed by atoms with E-state index >= 15 is 0 Å². The van der Waals surface area contributed by atoms with Gasteiger partial charge in [0.25, 0.3) is 0 Å². The second-order valence-electron chi connectivity index (χ2n) is 6.98. The van der Waals surface area contributed by atoms with Gasteiger partial charge in [0.05, 0.1) is 20.2 Å². The van der Waals surface area contributed by atoms with Gasteiger partial charge in [0.15, 0.2) is 35.3 Å². The first-order valence-electron chi connectivity index (χ1n) is 8.65. The first-order valence-corrected chi connectivity index (χ1v) is 16.2. The Morgan fingerprint density at radius 1 is 0.871 bits per heavy atom. The Kier molecular flexibility index (Phi) is 6.76. The molecule has 0 aliphatic rings. The van der Waals surface area contributed by atoms with Gasteiger partial charge in [-0.2, -0.15) is 0 Å². The number of rotatable bonds is 7. The highest BCUT2D eigenvalue weighted by atomic mass is 32.2. The van der Waals surface area contributed by atoms with Gasteiger partial charge in [-0.05, 0) is 18.2 Å². The molecule has 0 aliphatic carbocycles. The van der Waals surface area contributed by atoms with Crippen molar-refractivity contribution in [2.45, 2.75) is 21.6 Å². The molecular formula is C18H21O9PS3. The molecule has 0 saturated heterocycles. The van der Waals surface area contributed by atoms with Gasteiger partial charge < -0.3 is 4.89 Å². The number of carbonyl (C=O) groups excluding carboxylic acids is 1. The Bertz CT molecular complexity index is 1380. The molecule has 0 aliphatic heterocycles. The normalized spacial score (nSPS) is 14.7.